The first-order chi connectivity index (χ1) is 36.0. The molecule has 0 atom stereocenters. The van der Waals surface area contributed by atoms with E-state index in [-0.39, 0.29) is 71.7 Å². The molecule has 0 radical (unpaired) electrons. The van der Waals surface area contributed by atoms with Gasteiger partial charge in [0.05, 0.1) is 35.7 Å². The Morgan fingerprint density at radius 1 is 0.573 bits per heavy atom. The summed E-state index contributed by atoms with van der Waals surface area (Å²) in [4.78, 5) is 87.2. The summed E-state index contributed by atoms with van der Waals surface area (Å²) in [6.07, 6.45) is -0.410. The van der Waals surface area contributed by atoms with Crippen LogP contribution < -0.4 is 42.3 Å². The van der Waals surface area contributed by atoms with E-state index in [4.69, 9.17) is 8.83 Å². The Kier molecular flexibility index (Phi) is 12.5. The molecule has 380 valence electrons. The minimum Gasteiger partial charge on any atom is -0.408 e. The van der Waals surface area contributed by atoms with Gasteiger partial charge in [-0.25, -0.2) is 37.4 Å². The number of benzene rings is 3. The molecule has 27 heteroatoms. The van der Waals surface area contributed by atoms with Gasteiger partial charge in [-0.1, -0.05) is 24.3 Å². The van der Waals surface area contributed by atoms with Gasteiger partial charge in [0.15, 0.2) is 45.6 Å². The molecule has 0 aliphatic carbocycles. The van der Waals surface area contributed by atoms with Crippen molar-refractivity contribution in [3.8, 4) is 11.5 Å². The summed E-state index contributed by atoms with van der Waals surface area (Å²) < 4.78 is 78.8. The number of halogens is 4. The molecule has 8 heterocycles. The largest absolute Gasteiger partial charge is 0.586 e. The molecular formula is C48H35F4N13O10. The van der Waals surface area contributed by atoms with Crippen molar-refractivity contribution < 1.29 is 55.0 Å². The number of carbonyl (C=O) groups is 4. The van der Waals surface area contributed by atoms with Crippen LogP contribution >= 0.6 is 0 Å². The van der Waals surface area contributed by atoms with Crippen molar-refractivity contribution in [2.24, 2.45) is 14.1 Å². The average Bonchev–Trinajstić information content (AvgIpc) is 4.21. The van der Waals surface area contributed by atoms with Crippen LogP contribution in [0, 0.1) is 11.6 Å². The third-order valence-electron chi connectivity index (χ3n) is 11.5. The highest BCUT2D eigenvalue weighted by Crippen LogP contribution is 2.41. The first-order valence-electron chi connectivity index (χ1n) is 22.2. The molecule has 23 nitrogen and oxygen atoms in total. The van der Waals surface area contributed by atoms with E-state index >= 15 is 0 Å². The second-order valence-electron chi connectivity index (χ2n) is 16.5. The van der Waals surface area contributed by atoms with Gasteiger partial charge in [0, 0.05) is 52.1 Å². The highest BCUT2D eigenvalue weighted by Gasteiger charge is 2.43. The van der Waals surface area contributed by atoms with E-state index in [1.165, 1.54) is 33.4 Å². The molecule has 0 unspecified atom stereocenters. The zero-order valence-corrected chi connectivity index (χ0v) is 38.8. The number of fused-ring (bicyclic) bond motifs is 5. The highest BCUT2D eigenvalue weighted by atomic mass is 19.3. The lowest BCUT2D eigenvalue weighted by atomic mass is 10.2. The number of hydrogen-bond donors (Lipinski definition) is 4. The van der Waals surface area contributed by atoms with Gasteiger partial charge in [0.25, 0.3) is 23.6 Å². The number of rotatable bonds is 12. The second kappa shape index (κ2) is 19.4. The fraction of sp³-hybridized carbons (Fsp3) is 0.146. The standard InChI is InChI=1S/C25H17F3N6O6.C23H18FN7O4/c1-33-16-6-12(2-4-18(16)38-24(33)37)9-29-22(35)15-8-17(34-21(32-15)14(26)11-31-34)23(36)30-10-13-3-5-19-20(7-13)40-25(27,28)39-19;1-30-17-8-13(5-6-19(17)35-23(30)34)10-26-21(32)16-9-18(31-20(29-16)15(24)12-28-31)22(33)27-11-14-4-2-3-7-25-14/h2-8,11H,9-10H2,1H3,(H,29,35)(H,30,36);2-9,12H,10-11H2,1H3,(H,26,32)(H,27,33). The van der Waals surface area contributed by atoms with E-state index in [2.05, 4.69) is 55.9 Å². The van der Waals surface area contributed by atoms with Crippen molar-refractivity contribution in [2.45, 2.75) is 32.5 Å². The van der Waals surface area contributed by atoms with E-state index in [9.17, 15) is 46.3 Å². The number of hydrogen-bond acceptors (Lipinski definition) is 15. The molecule has 0 bridgehead atoms. The zero-order chi connectivity index (χ0) is 52.7. The van der Waals surface area contributed by atoms with E-state index in [0.29, 0.717) is 44.6 Å². The molecule has 1 aliphatic rings. The normalized spacial score (nSPS) is 12.5. The molecule has 75 heavy (non-hydrogen) atoms. The molecule has 0 fully saturated rings. The number of aromatic nitrogens is 9. The maximum atomic E-state index is 14.4. The number of oxazole rings is 2. The predicted molar refractivity (Wildman–Crippen MR) is 250 cm³/mol. The summed E-state index contributed by atoms with van der Waals surface area (Å²) in [5.74, 6) is -5.61. The maximum Gasteiger partial charge on any atom is 0.586 e. The maximum absolute atomic E-state index is 14.4. The van der Waals surface area contributed by atoms with Gasteiger partial charge in [-0.2, -0.15) is 10.2 Å². The van der Waals surface area contributed by atoms with Gasteiger partial charge in [0.1, 0.15) is 22.8 Å². The SMILES string of the molecule is Cn1c(=O)oc2ccc(CNC(=O)c3cc(C(=O)NCc4ccc5c(c4)OC(F)(F)O5)n4ncc(F)c4n3)cc21.Cn1c(=O)oc2ccc(CNC(=O)c3cc(C(=O)NCc4ccccn4)n4ncc(F)c4n3)cc21. The Labute approximate surface area is 415 Å². The van der Waals surface area contributed by atoms with Gasteiger partial charge < -0.3 is 39.6 Å². The van der Waals surface area contributed by atoms with Crippen molar-refractivity contribution in [1.29, 1.82) is 0 Å². The minimum absolute atomic E-state index is 0.0352. The van der Waals surface area contributed by atoms with Gasteiger partial charge in [0.2, 0.25) is 0 Å². The Morgan fingerprint density at radius 2 is 1.04 bits per heavy atom. The topological polar surface area (TPSA) is 278 Å². The van der Waals surface area contributed by atoms with Crippen LogP contribution in [-0.2, 0) is 40.3 Å². The number of aryl methyl sites for hydroxylation is 2. The third kappa shape index (κ3) is 9.91. The summed E-state index contributed by atoms with van der Waals surface area (Å²) in [5, 5.41) is 18.3. The van der Waals surface area contributed by atoms with E-state index in [0.717, 1.165) is 27.5 Å². The molecule has 1 aliphatic heterocycles. The molecule has 0 saturated heterocycles. The predicted octanol–water partition coefficient (Wildman–Crippen LogP) is 4.06. The summed E-state index contributed by atoms with van der Waals surface area (Å²) in [6, 6.07) is 21.7. The van der Waals surface area contributed by atoms with Crippen molar-refractivity contribution >= 4 is 57.1 Å². The number of pyridine rings is 1. The number of amides is 4. The summed E-state index contributed by atoms with van der Waals surface area (Å²) in [7, 11) is 3.13. The summed E-state index contributed by atoms with van der Waals surface area (Å²) >= 11 is 0. The Morgan fingerprint density at radius 3 is 1.55 bits per heavy atom. The lowest BCUT2D eigenvalue weighted by Gasteiger charge is -2.10. The quantitative estimate of drug-likeness (QED) is 0.126. The first kappa shape index (κ1) is 48.4. The van der Waals surface area contributed by atoms with Gasteiger partial charge in [-0.3, -0.25) is 33.3 Å². The molecule has 7 aromatic heterocycles. The van der Waals surface area contributed by atoms with Crippen molar-refractivity contribution in [2.75, 3.05) is 0 Å². The highest BCUT2D eigenvalue weighted by molar-refractivity contribution is 5.99. The second-order valence-corrected chi connectivity index (χ2v) is 16.5. The first-order valence-corrected chi connectivity index (χ1v) is 22.2. The van der Waals surface area contributed by atoms with E-state index < -0.39 is 53.1 Å². The molecular weight excluding hydrogens is 995 g/mol. The molecule has 4 amide bonds. The Balaban J connectivity index is 0.000000173. The number of nitrogens with zero attached hydrogens (tertiary/aromatic N) is 9. The molecule has 11 rings (SSSR count). The van der Waals surface area contributed by atoms with Crippen LogP contribution in [0.2, 0.25) is 0 Å². The van der Waals surface area contributed by atoms with Crippen molar-refractivity contribution in [3.63, 3.8) is 0 Å². The number of ether oxygens (including phenoxy) is 2. The molecule has 10 aromatic rings. The Hall–Kier alpha value is -10.2. The average molecular weight is 1030 g/mol. The van der Waals surface area contributed by atoms with Crippen LogP contribution in [-0.4, -0.2) is 73.2 Å². The van der Waals surface area contributed by atoms with Gasteiger partial charge in [-0.15, -0.1) is 8.78 Å². The van der Waals surface area contributed by atoms with Crippen LogP contribution in [0.1, 0.15) is 64.3 Å². The van der Waals surface area contributed by atoms with E-state index in [1.54, 1.807) is 74.9 Å². The van der Waals surface area contributed by atoms with Crippen LogP contribution in [0.4, 0.5) is 17.6 Å². The summed E-state index contributed by atoms with van der Waals surface area (Å²) in [6.45, 7) is 0.153. The van der Waals surface area contributed by atoms with Crippen molar-refractivity contribution in [1.82, 2.24) is 64.6 Å². The van der Waals surface area contributed by atoms with Gasteiger partial charge in [-0.05, 0) is 65.2 Å². The number of nitrogens with one attached hydrogen (secondary N) is 4. The molecule has 3 aromatic carbocycles. The minimum atomic E-state index is -3.78. The lowest BCUT2D eigenvalue weighted by Crippen LogP contribution is -2.28. The Bertz CT molecular complexity index is 4050. The van der Waals surface area contributed by atoms with Crippen LogP contribution in [0.5, 0.6) is 11.5 Å². The summed E-state index contributed by atoms with van der Waals surface area (Å²) in [5.41, 5.74) is 3.05. The fourth-order valence-corrected chi connectivity index (χ4v) is 7.68. The van der Waals surface area contributed by atoms with Gasteiger partial charge >= 0.3 is 17.8 Å². The van der Waals surface area contributed by atoms with Crippen LogP contribution in [0.15, 0.2) is 122 Å². The fourth-order valence-electron chi connectivity index (χ4n) is 7.68. The lowest BCUT2D eigenvalue weighted by molar-refractivity contribution is -0.286. The van der Waals surface area contributed by atoms with Crippen LogP contribution in [0.25, 0.3) is 33.5 Å². The molecule has 0 spiro atoms. The number of carbonyl (C=O) groups excluding carboxylic acids is 4. The molecule has 0 saturated carbocycles. The third-order valence-corrected chi connectivity index (χ3v) is 11.5. The monoisotopic (exact) mass is 1030 g/mol. The number of alkyl halides is 2. The van der Waals surface area contributed by atoms with E-state index in [1.807, 2.05) is 0 Å². The van der Waals surface area contributed by atoms with Crippen LogP contribution in [0.3, 0.4) is 0 Å². The smallest absolute Gasteiger partial charge is 0.408 e. The zero-order valence-electron chi connectivity index (χ0n) is 38.8. The van der Waals surface area contributed by atoms with Crippen molar-refractivity contribution in [3.05, 3.63) is 181 Å². The molecule has 4 N–H and O–H groups in total.